The van der Waals surface area contributed by atoms with E-state index in [-0.39, 0.29) is 5.91 Å². The Kier molecular flexibility index (Phi) is 7.63. The van der Waals surface area contributed by atoms with E-state index < -0.39 is 0 Å². The van der Waals surface area contributed by atoms with Crippen LogP contribution < -0.4 is 15.4 Å². The Bertz CT molecular complexity index is 1040. The summed E-state index contributed by atoms with van der Waals surface area (Å²) in [7, 11) is 0. The fourth-order valence-electron chi connectivity index (χ4n) is 4.21. The van der Waals surface area contributed by atoms with Crippen LogP contribution in [0.1, 0.15) is 37.0 Å². The summed E-state index contributed by atoms with van der Waals surface area (Å²) in [4.78, 5) is 14.4. The van der Waals surface area contributed by atoms with E-state index in [9.17, 15) is 4.79 Å². The molecule has 1 amide bonds. The van der Waals surface area contributed by atoms with Crippen molar-refractivity contribution >= 4 is 11.6 Å². The van der Waals surface area contributed by atoms with Crippen LogP contribution in [0.25, 0.3) is 11.1 Å². The van der Waals surface area contributed by atoms with Crippen molar-refractivity contribution in [1.82, 2.24) is 10.2 Å². The summed E-state index contributed by atoms with van der Waals surface area (Å²) in [6.07, 6.45) is 2.41. The van der Waals surface area contributed by atoms with E-state index in [1.54, 1.807) is 0 Å². The third-order valence-corrected chi connectivity index (χ3v) is 6.17. The number of amides is 1. The number of nitrogens with zero attached hydrogens (tertiary/aromatic N) is 1. The summed E-state index contributed by atoms with van der Waals surface area (Å²) in [5.41, 5.74) is 3.89. The number of ether oxygens (including phenoxy) is 1. The number of nitrogens with one attached hydrogen (secondary N) is 2. The zero-order valence-electron chi connectivity index (χ0n) is 19.5. The Balaban J connectivity index is 1.56. The summed E-state index contributed by atoms with van der Waals surface area (Å²) < 4.78 is 6.33. The normalized spacial score (nSPS) is 15.3. The number of carbonyl (C=O) groups is 1. The standard InChI is InChI=1S/C28H33N3O2/c1-3-31(4-2)28(32)22-12-15-25(16-13-22)33-27-19-23(21-9-6-5-7-10-21)14-17-26(27)30-20-24-11-8-18-29-24/h5-7,9-10,12-17,19,24,29-30H,3-4,8,11,18,20H2,1-2H3/t24-/m0/s1. The first-order valence-corrected chi connectivity index (χ1v) is 11.9. The van der Waals surface area contributed by atoms with Gasteiger partial charge in [0.1, 0.15) is 5.75 Å². The molecule has 1 saturated heterocycles. The van der Waals surface area contributed by atoms with Crippen LogP contribution in [0.5, 0.6) is 11.5 Å². The molecule has 5 nitrogen and oxygen atoms in total. The smallest absolute Gasteiger partial charge is 0.253 e. The second-order valence-electron chi connectivity index (χ2n) is 8.36. The number of carbonyl (C=O) groups excluding carboxylic acids is 1. The molecule has 0 aliphatic carbocycles. The minimum atomic E-state index is 0.0454. The van der Waals surface area contributed by atoms with Gasteiger partial charge in [-0.3, -0.25) is 4.79 Å². The van der Waals surface area contributed by atoms with Crippen molar-refractivity contribution in [2.45, 2.75) is 32.7 Å². The zero-order valence-corrected chi connectivity index (χ0v) is 19.5. The van der Waals surface area contributed by atoms with Gasteiger partial charge in [0, 0.05) is 31.2 Å². The largest absolute Gasteiger partial charge is 0.455 e. The van der Waals surface area contributed by atoms with E-state index in [1.165, 1.54) is 12.8 Å². The summed E-state index contributed by atoms with van der Waals surface area (Å²) in [5, 5.41) is 7.10. The van der Waals surface area contributed by atoms with Gasteiger partial charge in [0.15, 0.2) is 5.75 Å². The van der Waals surface area contributed by atoms with E-state index in [0.717, 1.165) is 35.7 Å². The lowest BCUT2D eigenvalue weighted by Crippen LogP contribution is -2.30. The molecular formula is C28H33N3O2. The quantitative estimate of drug-likeness (QED) is 0.439. The molecule has 172 valence electrons. The van der Waals surface area contributed by atoms with E-state index in [4.69, 9.17) is 4.74 Å². The third kappa shape index (κ3) is 5.74. The van der Waals surface area contributed by atoms with Crippen molar-refractivity contribution in [2.75, 3.05) is 31.5 Å². The molecule has 1 aliphatic rings. The fourth-order valence-corrected chi connectivity index (χ4v) is 4.21. The van der Waals surface area contributed by atoms with Crippen molar-refractivity contribution in [1.29, 1.82) is 0 Å². The lowest BCUT2D eigenvalue weighted by molar-refractivity contribution is 0.0773. The first-order chi connectivity index (χ1) is 16.2. The molecular weight excluding hydrogens is 410 g/mol. The van der Waals surface area contributed by atoms with Crippen LogP contribution in [0.3, 0.4) is 0 Å². The van der Waals surface area contributed by atoms with Gasteiger partial charge in [0.05, 0.1) is 5.69 Å². The molecule has 1 heterocycles. The molecule has 1 fully saturated rings. The van der Waals surface area contributed by atoms with E-state index in [2.05, 4.69) is 41.0 Å². The van der Waals surface area contributed by atoms with Crippen LogP contribution in [-0.2, 0) is 0 Å². The minimum Gasteiger partial charge on any atom is -0.455 e. The Morgan fingerprint density at radius 1 is 1.00 bits per heavy atom. The van der Waals surface area contributed by atoms with Crippen LogP contribution in [0.2, 0.25) is 0 Å². The molecule has 0 saturated carbocycles. The van der Waals surface area contributed by atoms with Crippen molar-refractivity contribution in [3.05, 3.63) is 78.4 Å². The summed E-state index contributed by atoms with van der Waals surface area (Å²) in [6, 6.07) is 24.5. The topological polar surface area (TPSA) is 53.6 Å². The number of benzene rings is 3. The van der Waals surface area contributed by atoms with Crippen LogP contribution in [0, 0.1) is 0 Å². The molecule has 1 aliphatic heterocycles. The highest BCUT2D eigenvalue weighted by molar-refractivity contribution is 5.94. The lowest BCUT2D eigenvalue weighted by atomic mass is 10.0. The zero-order chi connectivity index (χ0) is 23.0. The van der Waals surface area contributed by atoms with Gasteiger partial charge in [-0.25, -0.2) is 0 Å². The Hall–Kier alpha value is -3.31. The molecule has 0 unspecified atom stereocenters. The Labute approximate surface area is 196 Å². The highest BCUT2D eigenvalue weighted by atomic mass is 16.5. The summed E-state index contributed by atoms with van der Waals surface area (Å²) in [5.74, 6) is 1.53. The number of hydrogen-bond donors (Lipinski definition) is 2. The number of rotatable bonds is 9. The van der Waals surface area contributed by atoms with Crippen molar-refractivity contribution in [3.8, 4) is 22.6 Å². The van der Waals surface area contributed by atoms with Gasteiger partial charge in [-0.05, 0) is 80.8 Å². The van der Waals surface area contributed by atoms with E-state index >= 15 is 0 Å². The second kappa shape index (κ2) is 11.0. The van der Waals surface area contributed by atoms with Gasteiger partial charge >= 0.3 is 0 Å². The van der Waals surface area contributed by atoms with E-state index in [1.807, 2.05) is 61.2 Å². The van der Waals surface area contributed by atoms with Gasteiger partial charge in [-0.15, -0.1) is 0 Å². The third-order valence-electron chi connectivity index (χ3n) is 6.17. The molecule has 0 spiro atoms. The minimum absolute atomic E-state index is 0.0454. The van der Waals surface area contributed by atoms with Crippen molar-refractivity contribution in [2.24, 2.45) is 0 Å². The van der Waals surface area contributed by atoms with Gasteiger partial charge < -0.3 is 20.3 Å². The highest BCUT2D eigenvalue weighted by Gasteiger charge is 2.16. The fraction of sp³-hybridized carbons (Fsp3) is 0.321. The van der Waals surface area contributed by atoms with Gasteiger partial charge in [0.25, 0.3) is 5.91 Å². The molecule has 3 aromatic rings. The number of anilines is 1. The lowest BCUT2D eigenvalue weighted by Gasteiger charge is -2.19. The predicted molar refractivity (Wildman–Crippen MR) is 135 cm³/mol. The van der Waals surface area contributed by atoms with Crippen molar-refractivity contribution in [3.63, 3.8) is 0 Å². The molecule has 5 heteroatoms. The second-order valence-corrected chi connectivity index (χ2v) is 8.36. The molecule has 1 atom stereocenters. The van der Waals surface area contributed by atoms with Gasteiger partial charge in [-0.2, -0.15) is 0 Å². The van der Waals surface area contributed by atoms with Crippen LogP contribution >= 0.6 is 0 Å². The summed E-state index contributed by atoms with van der Waals surface area (Å²) >= 11 is 0. The maximum absolute atomic E-state index is 12.6. The van der Waals surface area contributed by atoms with Gasteiger partial charge in [0.2, 0.25) is 0 Å². The SMILES string of the molecule is CCN(CC)C(=O)c1ccc(Oc2cc(-c3ccccc3)ccc2NC[C@@H]2CCCN2)cc1. The molecule has 2 N–H and O–H groups in total. The first kappa shape index (κ1) is 22.9. The van der Waals surface area contributed by atoms with Gasteiger partial charge in [-0.1, -0.05) is 36.4 Å². The summed E-state index contributed by atoms with van der Waals surface area (Å²) in [6.45, 7) is 7.33. The maximum atomic E-state index is 12.6. The molecule has 0 radical (unpaired) electrons. The van der Waals surface area contributed by atoms with Crippen LogP contribution in [0.4, 0.5) is 5.69 Å². The average molecular weight is 444 g/mol. The molecule has 4 rings (SSSR count). The molecule has 33 heavy (non-hydrogen) atoms. The van der Waals surface area contributed by atoms with Crippen molar-refractivity contribution < 1.29 is 9.53 Å². The average Bonchev–Trinajstić information content (AvgIpc) is 3.39. The highest BCUT2D eigenvalue weighted by Crippen LogP contribution is 2.34. The maximum Gasteiger partial charge on any atom is 0.253 e. The van der Waals surface area contributed by atoms with E-state index in [0.29, 0.717) is 30.4 Å². The molecule has 0 aromatic heterocycles. The van der Waals surface area contributed by atoms with Crippen LogP contribution in [-0.4, -0.2) is 43.0 Å². The Morgan fingerprint density at radius 3 is 2.42 bits per heavy atom. The molecule has 0 bridgehead atoms. The predicted octanol–water partition coefficient (Wildman–Crippen LogP) is 5.79. The van der Waals surface area contributed by atoms with Crippen LogP contribution in [0.15, 0.2) is 72.8 Å². The number of hydrogen-bond acceptors (Lipinski definition) is 4. The Morgan fingerprint density at radius 2 is 1.76 bits per heavy atom. The molecule has 3 aromatic carbocycles. The first-order valence-electron chi connectivity index (χ1n) is 11.9. The monoisotopic (exact) mass is 443 g/mol.